The monoisotopic (exact) mass is 243 g/mol. The number of rotatable bonds is 1. The lowest BCUT2D eigenvalue weighted by molar-refractivity contribution is 0.968. The summed E-state index contributed by atoms with van der Waals surface area (Å²) in [5, 5.41) is 1.60. The van der Waals surface area contributed by atoms with Gasteiger partial charge in [0.2, 0.25) is 0 Å². The number of halogens is 1. The number of para-hydroxylation sites is 1. The molecule has 3 rings (SSSR count). The molecule has 0 saturated carbocycles. The zero-order valence-corrected chi connectivity index (χ0v) is 10.0. The molecule has 0 radical (unpaired) electrons. The van der Waals surface area contributed by atoms with Crippen LogP contribution in [0, 0.1) is 0 Å². The van der Waals surface area contributed by atoms with E-state index < -0.39 is 0 Å². The van der Waals surface area contributed by atoms with Crippen molar-refractivity contribution >= 4 is 22.5 Å². The van der Waals surface area contributed by atoms with Gasteiger partial charge in [-0.2, -0.15) is 0 Å². The van der Waals surface area contributed by atoms with Crippen LogP contribution < -0.4 is 0 Å². The normalized spacial score (nSPS) is 10.9. The maximum absolute atomic E-state index is 5.89. The topological polar surface area (TPSA) is 30.7 Å². The molecule has 17 heavy (non-hydrogen) atoms. The molecule has 2 heterocycles. The van der Waals surface area contributed by atoms with Crippen LogP contribution in [0.3, 0.4) is 0 Å². The molecule has 0 unspecified atom stereocenters. The molecular formula is C13H10ClN3. The molecule has 0 fully saturated rings. The van der Waals surface area contributed by atoms with Crippen molar-refractivity contribution in [1.82, 2.24) is 14.5 Å². The van der Waals surface area contributed by atoms with E-state index in [4.69, 9.17) is 11.6 Å². The highest BCUT2D eigenvalue weighted by Gasteiger charge is 2.10. The third kappa shape index (κ3) is 1.68. The molecule has 0 aliphatic heterocycles. The van der Waals surface area contributed by atoms with Gasteiger partial charge >= 0.3 is 0 Å². The van der Waals surface area contributed by atoms with Crippen molar-refractivity contribution < 1.29 is 0 Å². The fourth-order valence-electron chi connectivity index (χ4n) is 1.99. The summed E-state index contributed by atoms with van der Waals surface area (Å²) >= 11 is 5.89. The summed E-state index contributed by atoms with van der Waals surface area (Å²) in [6.07, 6.45) is 3.70. The van der Waals surface area contributed by atoms with E-state index in [-0.39, 0.29) is 0 Å². The van der Waals surface area contributed by atoms with E-state index in [0.717, 1.165) is 16.5 Å². The standard InChI is InChI=1S/C13H10ClN3/c1-17-8-10(9-4-2-3-5-11(9)17)13-15-7-6-12(14)16-13/h2-8H,1H3. The summed E-state index contributed by atoms with van der Waals surface area (Å²) in [6, 6.07) is 9.84. The summed E-state index contributed by atoms with van der Waals surface area (Å²) in [7, 11) is 2.01. The van der Waals surface area contributed by atoms with Crippen molar-refractivity contribution in [2.75, 3.05) is 0 Å². The molecule has 0 N–H and O–H groups in total. The number of aromatic nitrogens is 3. The highest BCUT2D eigenvalue weighted by atomic mass is 35.5. The lowest BCUT2D eigenvalue weighted by Gasteiger charge is -1.97. The van der Waals surface area contributed by atoms with Crippen molar-refractivity contribution in [3.8, 4) is 11.4 Å². The second-order valence-corrected chi connectivity index (χ2v) is 4.26. The van der Waals surface area contributed by atoms with Gasteiger partial charge in [0.05, 0.1) is 0 Å². The summed E-state index contributed by atoms with van der Waals surface area (Å²) in [6.45, 7) is 0. The predicted octanol–water partition coefficient (Wildman–Crippen LogP) is 3.29. The molecule has 0 amide bonds. The van der Waals surface area contributed by atoms with Gasteiger partial charge in [-0.3, -0.25) is 0 Å². The minimum absolute atomic E-state index is 0.461. The average molecular weight is 244 g/mol. The Balaban J connectivity index is 2.31. The van der Waals surface area contributed by atoms with E-state index in [1.54, 1.807) is 12.3 Å². The number of benzene rings is 1. The van der Waals surface area contributed by atoms with Gasteiger partial charge in [-0.05, 0) is 12.1 Å². The van der Waals surface area contributed by atoms with Gasteiger partial charge in [0.15, 0.2) is 5.82 Å². The Morgan fingerprint density at radius 1 is 1.18 bits per heavy atom. The predicted molar refractivity (Wildman–Crippen MR) is 69.0 cm³/mol. The first-order valence-corrected chi connectivity index (χ1v) is 5.66. The van der Waals surface area contributed by atoms with Crippen LogP contribution in [0.4, 0.5) is 0 Å². The van der Waals surface area contributed by atoms with Crippen molar-refractivity contribution in [3.05, 3.63) is 47.9 Å². The highest BCUT2D eigenvalue weighted by Crippen LogP contribution is 2.27. The van der Waals surface area contributed by atoms with Gasteiger partial charge in [0, 0.05) is 35.9 Å². The molecule has 84 valence electrons. The van der Waals surface area contributed by atoms with E-state index in [2.05, 4.69) is 26.7 Å². The molecule has 3 nitrogen and oxygen atoms in total. The molecular weight excluding hydrogens is 234 g/mol. The fraction of sp³-hybridized carbons (Fsp3) is 0.0769. The molecule has 0 bridgehead atoms. The first kappa shape index (κ1) is 10.3. The van der Waals surface area contributed by atoms with E-state index in [0.29, 0.717) is 11.0 Å². The van der Waals surface area contributed by atoms with Crippen LogP contribution in [-0.4, -0.2) is 14.5 Å². The van der Waals surface area contributed by atoms with Crippen LogP contribution in [0.1, 0.15) is 0 Å². The second-order valence-electron chi connectivity index (χ2n) is 3.87. The third-order valence-corrected chi connectivity index (χ3v) is 2.97. The summed E-state index contributed by atoms with van der Waals surface area (Å²) in [5.74, 6) is 0.661. The number of aryl methyl sites for hydroxylation is 1. The minimum Gasteiger partial charge on any atom is -0.350 e. The first-order valence-electron chi connectivity index (χ1n) is 5.29. The molecule has 0 atom stereocenters. The molecule has 4 heteroatoms. The second kappa shape index (κ2) is 3.86. The van der Waals surface area contributed by atoms with Gasteiger partial charge < -0.3 is 4.57 Å². The highest BCUT2D eigenvalue weighted by molar-refractivity contribution is 6.29. The Hall–Kier alpha value is -1.87. The smallest absolute Gasteiger partial charge is 0.162 e. The van der Waals surface area contributed by atoms with E-state index in [9.17, 15) is 0 Å². The quantitative estimate of drug-likeness (QED) is 0.614. The maximum Gasteiger partial charge on any atom is 0.162 e. The molecule has 1 aromatic carbocycles. The average Bonchev–Trinajstić information content (AvgIpc) is 2.68. The van der Waals surface area contributed by atoms with E-state index in [1.165, 1.54) is 0 Å². The van der Waals surface area contributed by atoms with Crippen LogP contribution in [0.15, 0.2) is 42.7 Å². The van der Waals surface area contributed by atoms with Crippen LogP contribution in [0.25, 0.3) is 22.3 Å². The number of hydrogen-bond acceptors (Lipinski definition) is 2. The van der Waals surface area contributed by atoms with Crippen molar-refractivity contribution in [2.45, 2.75) is 0 Å². The fourth-order valence-corrected chi connectivity index (χ4v) is 2.12. The van der Waals surface area contributed by atoms with Crippen LogP contribution in [0.5, 0.6) is 0 Å². The first-order chi connectivity index (χ1) is 8.25. The lowest BCUT2D eigenvalue weighted by Crippen LogP contribution is -1.87. The molecule has 0 spiro atoms. The van der Waals surface area contributed by atoms with Crippen molar-refractivity contribution in [1.29, 1.82) is 0 Å². The van der Waals surface area contributed by atoms with Gasteiger partial charge in [-0.1, -0.05) is 29.8 Å². The van der Waals surface area contributed by atoms with Gasteiger partial charge in [-0.25, -0.2) is 9.97 Å². The van der Waals surface area contributed by atoms with Crippen LogP contribution >= 0.6 is 11.6 Å². The Morgan fingerprint density at radius 2 is 2.00 bits per heavy atom. The molecule has 0 aliphatic rings. The van der Waals surface area contributed by atoms with Crippen molar-refractivity contribution in [3.63, 3.8) is 0 Å². The van der Waals surface area contributed by atoms with Crippen LogP contribution in [0.2, 0.25) is 5.15 Å². The Morgan fingerprint density at radius 3 is 2.82 bits per heavy atom. The Labute approximate surface area is 104 Å². The maximum atomic E-state index is 5.89. The van der Waals surface area contributed by atoms with Gasteiger partial charge in [0.1, 0.15) is 5.15 Å². The van der Waals surface area contributed by atoms with Crippen molar-refractivity contribution in [2.24, 2.45) is 7.05 Å². The largest absolute Gasteiger partial charge is 0.350 e. The van der Waals surface area contributed by atoms with E-state index in [1.807, 2.05) is 25.4 Å². The zero-order valence-electron chi connectivity index (χ0n) is 9.26. The Bertz CT molecular complexity index is 688. The number of fused-ring (bicyclic) bond motifs is 1. The lowest BCUT2D eigenvalue weighted by atomic mass is 10.1. The summed E-state index contributed by atoms with van der Waals surface area (Å²) in [4.78, 5) is 8.51. The van der Waals surface area contributed by atoms with Gasteiger partial charge in [0.25, 0.3) is 0 Å². The summed E-state index contributed by atoms with van der Waals surface area (Å²) < 4.78 is 2.06. The van der Waals surface area contributed by atoms with Gasteiger partial charge in [-0.15, -0.1) is 0 Å². The van der Waals surface area contributed by atoms with E-state index >= 15 is 0 Å². The molecule has 0 aliphatic carbocycles. The van der Waals surface area contributed by atoms with Crippen LogP contribution in [-0.2, 0) is 7.05 Å². The number of hydrogen-bond donors (Lipinski definition) is 0. The SMILES string of the molecule is Cn1cc(-c2nccc(Cl)n2)c2ccccc21. The third-order valence-electron chi connectivity index (χ3n) is 2.76. The number of nitrogens with zero attached hydrogens (tertiary/aromatic N) is 3. The zero-order chi connectivity index (χ0) is 11.8. The summed E-state index contributed by atoms with van der Waals surface area (Å²) in [5.41, 5.74) is 2.16. The molecule has 2 aromatic heterocycles. The molecule has 3 aromatic rings. The Kier molecular flexibility index (Phi) is 2.34. The molecule has 0 saturated heterocycles. The minimum atomic E-state index is 0.461.